The number of nitrogens with zero attached hydrogens (tertiary/aromatic N) is 2. The molecule has 2 aromatic heterocycles. The van der Waals surface area contributed by atoms with E-state index in [0.717, 1.165) is 0 Å². The molecule has 2 heterocycles. The van der Waals surface area contributed by atoms with Gasteiger partial charge < -0.3 is 10.3 Å². The molecule has 14 heavy (non-hydrogen) atoms. The van der Waals surface area contributed by atoms with E-state index in [0.29, 0.717) is 23.7 Å². The van der Waals surface area contributed by atoms with E-state index in [4.69, 9.17) is 6.42 Å². The molecule has 6 nitrogen and oxygen atoms in total. The van der Waals surface area contributed by atoms with Gasteiger partial charge >= 0.3 is 0 Å². The first-order chi connectivity index (χ1) is 6.81. The van der Waals surface area contributed by atoms with Crippen LogP contribution in [0, 0.1) is 12.3 Å². The molecule has 0 aliphatic carbocycles. The maximum absolute atomic E-state index is 11.4. The number of imidazole rings is 1. The summed E-state index contributed by atoms with van der Waals surface area (Å²) in [6, 6.07) is 0. The van der Waals surface area contributed by atoms with E-state index in [-0.39, 0.29) is 5.56 Å². The zero-order chi connectivity index (χ0) is 9.97. The van der Waals surface area contributed by atoms with Crippen LogP contribution in [0.3, 0.4) is 0 Å². The van der Waals surface area contributed by atoms with E-state index in [1.807, 2.05) is 0 Å². The lowest BCUT2D eigenvalue weighted by atomic mass is 10.5. The summed E-state index contributed by atoms with van der Waals surface area (Å²) in [6.45, 7) is 0.304. The van der Waals surface area contributed by atoms with Crippen molar-refractivity contribution in [2.45, 2.75) is 0 Å². The molecule has 0 unspecified atom stereocenters. The summed E-state index contributed by atoms with van der Waals surface area (Å²) in [7, 11) is 0. The zero-order valence-electron chi connectivity index (χ0n) is 7.16. The first-order valence-electron chi connectivity index (χ1n) is 3.92. The average Bonchev–Trinajstić information content (AvgIpc) is 2.63. The van der Waals surface area contributed by atoms with Gasteiger partial charge in [-0.1, -0.05) is 5.92 Å². The van der Waals surface area contributed by atoms with Gasteiger partial charge in [-0.3, -0.25) is 9.78 Å². The standard InChI is InChI=1S/C8H7N5O/c1-2-3-9-8-12-6-5(7(14)13-8)10-4-11-6/h1,4H,3H2,(H3,9,10,11,12,13,14). The van der Waals surface area contributed by atoms with Gasteiger partial charge in [0, 0.05) is 0 Å². The third-order valence-corrected chi connectivity index (χ3v) is 1.65. The lowest BCUT2D eigenvalue weighted by Crippen LogP contribution is -2.13. The Balaban J connectivity index is 2.49. The predicted octanol–water partition coefficient (Wildman–Crippen LogP) is -0.309. The smallest absolute Gasteiger partial charge is 0.278 e. The molecule has 0 saturated carbocycles. The van der Waals surface area contributed by atoms with Gasteiger partial charge in [0.05, 0.1) is 12.9 Å². The van der Waals surface area contributed by atoms with Gasteiger partial charge in [-0.05, 0) is 0 Å². The summed E-state index contributed by atoms with van der Waals surface area (Å²) in [5.74, 6) is 2.70. The van der Waals surface area contributed by atoms with E-state index in [2.05, 4.69) is 31.2 Å². The summed E-state index contributed by atoms with van der Waals surface area (Å²) in [5, 5.41) is 2.76. The average molecular weight is 189 g/mol. The number of rotatable bonds is 2. The molecule has 6 heteroatoms. The van der Waals surface area contributed by atoms with Gasteiger partial charge in [0.1, 0.15) is 0 Å². The maximum Gasteiger partial charge on any atom is 0.278 e. The minimum atomic E-state index is -0.271. The van der Waals surface area contributed by atoms with E-state index in [1.165, 1.54) is 6.33 Å². The number of H-pyrrole nitrogens is 2. The Morgan fingerprint density at radius 2 is 2.50 bits per heavy atom. The fourth-order valence-electron chi connectivity index (χ4n) is 1.06. The van der Waals surface area contributed by atoms with Crippen molar-refractivity contribution >= 4 is 17.1 Å². The van der Waals surface area contributed by atoms with Crippen molar-refractivity contribution in [2.24, 2.45) is 0 Å². The van der Waals surface area contributed by atoms with Crippen LogP contribution in [0.1, 0.15) is 0 Å². The minimum absolute atomic E-state index is 0.271. The molecule has 0 aliphatic rings. The Labute approximate surface area is 78.8 Å². The van der Waals surface area contributed by atoms with Crippen molar-refractivity contribution in [3.8, 4) is 12.3 Å². The molecule has 0 fully saturated rings. The molecular formula is C8H7N5O. The van der Waals surface area contributed by atoms with Crippen LogP contribution in [-0.4, -0.2) is 26.5 Å². The molecular weight excluding hydrogens is 182 g/mol. The number of hydrogen-bond donors (Lipinski definition) is 3. The van der Waals surface area contributed by atoms with E-state index in [1.54, 1.807) is 0 Å². The largest absolute Gasteiger partial charge is 0.345 e. The van der Waals surface area contributed by atoms with Crippen molar-refractivity contribution in [2.75, 3.05) is 11.9 Å². The molecule has 0 aliphatic heterocycles. The number of fused-ring (bicyclic) bond motifs is 1. The lowest BCUT2D eigenvalue weighted by molar-refractivity contribution is 1.12. The zero-order valence-corrected chi connectivity index (χ0v) is 7.16. The van der Waals surface area contributed by atoms with Gasteiger partial charge in [0.15, 0.2) is 11.2 Å². The number of anilines is 1. The summed E-state index contributed by atoms with van der Waals surface area (Å²) < 4.78 is 0. The van der Waals surface area contributed by atoms with Crippen LogP contribution in [0.5, 0.6) is 0 Å². The van der Waals surface area contributed by atoms with Crippen molar-refractivity contribution in [3.05, 3.63) is 16.7 Å². The molecule has 0 saturated heterocycles. The SMILES string of the molecule is C#CCNc1nc2nc[nH]c2c(=O)[nH]1. The Morgan fingerprint density at radius 3 is 3.29 bits per heavy atom. The summed E-state index contributed by atoms with van der Waals surface area (Å²) >= 11 is 0. The van der Waals surface area contributed by atoms with Gasteiger partial charge in [-0.15, -0.1) is 6.42 Å². The highest BCUT2D eigenvalue weighted by Gasteiger charge is 2.03. The van der Waals surface area contributed by atoms with Crippen molar-refractivity contribution < 1.29 is 0 Å². The second kappa shape index (κ2) is 3.22. The molecule has 3 N–H and O–H groups in total. The number of aromatic nitrogens is 4. The molecule has 0 atom stereocenters. The Hall–Kier alpha value is -2.29. The summed E-state index contributed by atoms with van der Waals surface area (Å²) in [4.78, 5) is 24.5. The Kier molecular flexibility index (Phi) is 1.91. The van der Waals surface area contributed by atoms with Crippen LogP contribution in [-0.2, 0) is 0 Å². The van der Waals surface area contributed by atoms with Crippen LogP contribution in [0.4, 0.5) is 5.95 Å². The Morgan fingerprint density at radius 1 is 1.64 bits per heavy atom. The maximum atomic E-state index is 11.4. The lowest BCUT2D eigenvalue weighted by Gasteiger charge is -1.99. The third kappa shape index (κ3) is 1.31. The van der Waals surface area contributed by atoms with Crippen LogP contribution in [0.25, 0.3) is 11.2 Å². The van der Waals surface area contributed by atoms with Gasteiger partial charge in [0.2, 0.25) is 5.95 Å². The highest BCUT2D eigenvalue weighted by molar-refractivity contribution is 5.69. The number of hydrogen-bond acceptors (Lipinski definition) is 4. The van der Waals surface area contributed by atoms with Crippen LogP contribution < -0.4 is 10.9 Å². The quantitative estimate of drug-likeness (QED) is 0.565. The molecule has 0 bridgehead atoms. The van der Waals surface area contributed by atoms with Crippen molar-refractivity contribution in [3.63, 3.8) is 0 Å². The predicted molar refractivity (Wildman–Crippen MR) is 51.8 cm³/mol. The highest BCUT2D eigenvalue weighted by atomic mass is 16.1. The molecule has 0 spiro atoms. The highest BCUT2D eigenvalue weighted by Crippen LogP contribution is 2.01. The van der Waals surface area contributed by atoms with E-state index < -0.39 is 0 Å². The second-order valence-electron chi connectivity index (χ2n) is 2.57. The number of terminal acetylenes is 1. The van der Waals surface area contributed by atoms with E-state index in [9.17, 15) is 4.79 Å². The molecule has 0 radical (unpaired) electrons. The fourth-order valence-corrected chi connectivity index (χ4v) is 1.06. The molecule has 70 valence electrons. The van der Waals surface area contributed by atoms with Gasteiger partial charge in [-0.2, -0.15) is 4.98 Å². The monoisotopic (exact) mass is 189 g/mol. The first kappa shape index (κ1) is 8.31. The van der Waals surface area contributed by atoms with Crippen LogP contribution >= 0.6 is 0 Å². The van der Waals surface area contributed by atoms with Gasteiger partial charge in [0.25, 0.3) is 5.56 Å². The third-order valence-electron chi connectivity index (χ3n) is 1.65. The normalized spacial score (nSPS) is 9.93. The first-order valence-corrected chi connectivity index (χ1v) is 3.92. The Bertz CT molecular complexity index is 547. The molecule has 0 aromatic carbocycles. The minimum Gasteiger partial charge on any atom is -0.345 e. The topological polar surface area (TPSA) is 86.5 Å². The molecule has 0 amide bonds. The van der Waals surface area contributed by atoms with Gasteiger partial charge in [-0.25, -0.2) is 4.98 Å². The summed E-state index contributed by atoms with van der Waals surface area (Å²) in [5.41, 5.74) is 0.455. The number of nitrogens with one attached hydrogen (secondary N) is 3. The van der Waals surface area contributed by atoms with Crippen molar-refractivity contribution in [1.29, 1.82) is 0 Å². The second-order valence-corrected chi connectivity index (χ2v) is 2.57. The van der Waals surface area contributed by atoms with Crippen LogP contribution in [0.2, 0.25) is 0 Å². The fraction of sp³-hybridized carbons (Fsp3) is 0.125. The van der Waals surface area contributed by atoms with Crippen LogP contribution in [0.15, 0.2) is 11.1 Å². The molecule has 2 rings (SSSR count). The summed E-state index contributed by atoms with van der Waals surface area (Å²) in [6.07, 6.45) is 6.47. The van der Waals surface area contributed by atoms with E-state index >= 15 is 0 Å². The molecule has 2 aromatic rings. The van der Waals surface area contributed by atoms with Crippen molar-refractivity contribution in [1.82, 2.24) is 19.9 Å². The number of aromatic amines is 2.